The molecule has 3 atom stereocenters. The third-order valence-corrected chi connectivity index (χ3v) is 12.4. The minimum Gasteiger partial charge on any atom is -0.465 e. The highest BCUT2D eigenvalue weighted by Gasteiger charge is 2.20. The van der Waals surface area contributed by atoms with Crippen LogP contribution in [0.25, 0.3) is 0 Å². The second kappa shape index (κ2) is 40.5. The molecule has 0 amide bonds. The Morgan fingerprint density at radius 2 is 0.845 bits per heavy atom. The molecule has 340 valence electrons. The molecule has 0 fully saturated rings. The van der Waals surface area contributed by atoms with Crippen LogP contribution in [-0.4, -0.2) is 59.2 Å². The SMILES string of the molecule is CCCCCCCCC(CCCCCC)C(=O)OCCCCCCN(CCCCCCOC(=O)C(CCCCCC)CCCCCCCC)CCC(C)n1ccnc1. The fraction of sp³-hybridized carbons (Fsp3) is 0.902. The van der Waals surface area contributed by atoms with Gasteiger partial charge in [-0.2, -0.15) is 0 Å². The molecule has 0 aliphatic carbocycles. The molecule has 1 rings (SSSR count). The highest BCUT2D eigenvalue weighted by molar-refractivity contribution is 5.72. The van der Waals surface area contributed by atoms with Crippen molar-refractivity contribution < 1.29 is 19.1 Å². The van der Waals surface area contributed by atoms with Crippen LogP contribution in [0.2, 0.25) is 0 Å². The van der Waals surface area contributed by atoms with Gasteiger partial charge in [0.2, 0.25) is 0 Å². The van der Waals surface area contributed by atoms with Crippen molar-refractivity contribution in [3.63, 3.8) is 0 Å². The normalized spacial score (nSPS) is 13.2. The average Bonchev–Trinajstić information content (AvgIpc) is 3.78. The second-order valence-electron chi connectivity index (χ2n) is 17.9. The maximum absolute atomic E-state index is 13.1. The van der Waals surface area contributed by atoms with Crippen molar-refractivity contribution in [1.29, 1.82) is 0 Å². The number of esters is 2. The summed E-state index contributed by atoms with van der Waals surface area (Å²) in [5.41, 5.74) is 0. The van der Waals surface area contributed by atoms with E-state index in [0.29, 0.717) is 19.3 Å². The van der Waals surface area contributed by atoms with Gasteiger partial charge in [-0.1, -0.05) is 182 Å². The molecule has 0 aromatic carbocycles. The first-order chi connectivity index (χ1) is 28.5. The van der Waals surface area contributed by atoms with Crippen molar-refractivity contribution in [3.8, 4) is 0 Å². The van der Waals surface area contributed by atoms with Crippen LogP contribution in [0.15, 0.2) is 18.7 Å². The van der Waals surface area contributed by atoms with Gasteiger partial charge in [-0.25, -0.2) is 4.98 Å². The van der Waals surface area contributed by atoms with Crippen LogP contribution in [0.4, 0.5) is 0 Å². The zero-order chi connectivity index (χ0) is 42.2. The van der Waals surface area contributed by atoms with Gasteiger partial charge >= 0.3 is 11.9 Å². The van der Waals surface area contributed by atoms with Crippen LogP contribution in [0.5, 0.6) is 0 Å². The largest absolute Gasteiger partial charge is 0.465 e. The van der Waals surface area contributed by atoms with Crippen LogP contribution >= 0.6 is 0 Å². The number of nitrogens with zero attached hydrogens (tertiary/aromatic N) is 3. The molecule has 1 aromatic rings. The van der Waals surface area contributed by atoms with Crippen molar-refractivity contribution in [2.24, 2.45) is 11.8 Å². The predicted octanol–water partition coefficient (Wildman–Crippen LogP) is 15.0. The molecule has 0 spiro atoms. The summed E-state index contributed by atoms with van der Waals surface area (Å²) in [6.45, 7) is 15.8. The van der Waals surface area contributed by atoms with E-state index in [1.165, 1.54) is 128 Å². The lowest BCUT2D eigenvalue weighted by molar-refractivity contribution is -0.150. The van der Waals surface area contributed by atoms with Crippen molar-refractivity contribution in [2.45, 2.75) is 253 Å². The summed E-state index contributed by atoms with van der Waals surface area (Å²) in [7, 11) is 0. The molecular formula is C51H97N3O4. The second-order valence-corrected chi connectivity index (χ2v) is 17.9. The molecule has 0 N–H and O–H groups in total. The number of carbonyl (C=O) groups is 2. The van der Waals surface area contributed by atoms with E-state index in [-0.39, 0.29) is 23.8 Å². The summed E-state index contributed by atoms with van der Waals surface area (Å²) in [5, 5.41) is 0. The number of ether oxygens (including phenoxy) is 2. The first-order valence-electron chi connectivity index (χ1n) is 25.5. The topological polar surface area (TPSA) is 73.7 Å². The molecule has 0 radical (unpaired) electrons. The van der Waals surface area contributed by atoms with Gasteiger partial charge in [-0.05, 0) is 77.8 Å². The van der Waals surface area contributed by atoms with E-state index in [1.54, 1.807) is 0 Å². The number of rotatable bonds is 44. The minimum absolute atomic E-state index is 0.0619. The molecule has 0 saturated carbocycles. The maximum Gasteiger partial charge on any atom is 0.308 e. The molecule has 0 aliphatic heterocycles. The molecule has 1 heterocycles. The van der Waals surface area contributed by atoms with Gasteiger partial charge in [-0.15, -0.1) is 0 Å². The molecule has 0 saturated heterocycles. The Bertz CT molecular complexity index is 959. The fourth-order valence-corrected chi connectivity index (χ4v) is 8.28. The Hall–Kier alpha value is -1.89. The van der Waals surface area contributed by atoms with Crippen LogP contribution in [-0.2, 0) is 19.1 Å². The number of carbonyl (C=O) groups excluding carboxylic acids is 2. The standard InChI is InChI=1S/C51H97N3O4/c1-6-10-14-18-20-28-36-48(34-26-16-12-8-3)50(55)57-44-32-24-22-30-40-53(42-38-47(5)54-43-39-52-46-54)41-31-23-25-33-45-58-51(56)49(35-27-17-13-9-4)37-29-21-19-15-11-7-2/h39,43,46-49H,6-38,40-42,44-45H2,1-5H3. The lowest BCUT2D eigenvalue weighted by Gasteiger charge is -2.24. The Labute approximate surface area is 360 Å². The Morgan fingerprint density at radius 1 is 0.483 bits per heavy atom. The van der Waals surface area contributed by atoms with Crippen LogP contribution in [0.3, 0.4) is 0 Å². The molecule has 0 aliphatic rings. The summed E-state index contributed by atoms with van der Waals surface area (Å²) in [6.07, 6.45) is 44.8. The smallest absolute Gasteiger partial charge is 0.308 e. The molecule has 7 heteroatoms. The first-order valence-corrected chi connectivity index (χ1v) is 25.5. The Kier molecular flexibility index (Phi) is 37.8. The van der Waals surface area contributed by atoms with E-state index in [2.05, 4.69) is 55.3 Å². The number of hydrogen-bond acceptors (Lipinski definition) is 6. The number of hydrogen-bond donors (Lipinski definition) is 0. The summed E-state index contributed by atoms with van der Waals surface area (Å²) >= 11 is 0. The number of imidazole rings is 1. The molecule has 0 bridgehead atoms. The van der Waals surface area contributed by atoms with Gasteiger partial charge in [0.05, 0.1) is 31.4 Å². The van der Waals surface area contributed by atoms with E-state index in [9.17, 15) is 9.59 Å². The zero-order valence-electron chi connectivity index (χ0n) is 39.3. The number of aromatic nitrogens is 2. The predicted molar refractivity (Wildman–Crippen MR) is 247 cm³/mol. The first kappa shape index (κ1) is 54.1. The lowest BCUT2D eigenvalue weighted by atomic mass is 9.94. The van der Waals surface area contributed by atoms with Gasteiger partial charge in [0.15, 0.2) is 0 Å². The molecule has 1 aromatic heterocycles. The fourth-order valence-electron chi connectivity index (χ4n) is 8.28. The lowest BCUT2D eigenvalue weighted by Crippen LogP contribution is -2.28. The Balaban J connectivity index is 2.43. The third-order valence-electron chi connectivity index (χ3n) is 12.4. The van der Waals surface area contributed by atoms with Crippen molar-refractivity contribution in [3.05, 3.63) is 18.7 Å². The third kappa shape index (κ3) is 31.1. The quantitative estimate of drug-likeness (QED) is 0.0482. The Morgan fingerprint density at radius 3 is 1.24 bits per heavy atom. The maximum atomic E-state index is 13.1. The van der Waals surface area contributed by atoms with Gasteiger partial charge in [0.25, 0.3) is 0 Å². The van der Waals surface area contributed by atoms with Gasteiger partial charge in [0, 0.05) is 25.0 Å². The molecule has 3 unspecified atom stereocenters. The summed E-state index contributed by atoms with van der Waals surface area (Å²) in [6, 6.07) is 0.433. The van der Waals surface area contributed by atoms with Crippen molar-refractivity contribution in [1.82, 2.24) is 14.5 Å². The van der Waals surface area contributed by atoms with Gasteiger partial charge in [0.1, 0.15) is 0 Å². The summed E-state index contributed by atoms with van der Waals surface area (Å²) in [4.78, 5) is 33.1. The molecule has 58 heavy (non-hydrogen) atoms. The van der Waals surface area contributed by atoms with Gasteiger partial charge in [-0.3, -0.25) is 9.59 Å². The van der Waals surface area contributed by atoms with Gasteiger partial charge < -0.3 is 18.9 Å². The summed E-state index contributed by atoms with van der Waals surface area (Å²) < 4.78 is 14.0. The molecule has 7 nitrogen and oxygen atoms in total. The van der Waals surface area contributed by atoms with E-state index in [1.807, 2.05) is 12.5 Å². The van der Waals surface area contributed by atoms with Crippen LogP contribution in [0.1, 0.15) is 253 Å². The van der Waals surface area contributed by atoms with E-state index in [4.69, 9.17) is 9.47 Å². The number of unbranched alkanes of at least 4 members (excludes halogenated alkanes) is 22. The average molecular weight is 816 g/mol. The van der Waals surface area contributed by atoms with E-state index < -0.39 is 0 Å². The van der Waals surface area contributed by atoms with E-state index >= 15 is 0 Å². The minimum atomic E-state index is 0.0619. The zero-order valence-corrected chi connectivity index (χ0v) is 39.3. The van der Waals surface area contributed by atoms with Crippen LogP contribution < -0.4 is 0 Å². The van der Waals surface area contributed by atoms with Crippen LogP contribution in [0, 0.1) is 11.8 Å². The van der Waals surface area contributed by atoms with Crippen molar-refractivity contribution in [2.75, 3.05) is 32.8 Å². The monoisotopic (exact) mass is 816 g/mol. The highest BCUT2D eigenvalue weighted by atomic mass is 16.5. The molecular weight excluding hydrogens is 719 g/mol. The highest BCUT2D eigenvalue weighted by Crippen LogP contribution is 2.22. The van der Waals surface area contributed by atoms with E-state index in [0.717, 1.165) is 103 Å². The van der Waals surface area contributed by atoms with Crippen molar-refractivity contribution >= 4 is 11.9 Å². The summed E-state index contributed by atoms with van der Waals surface area (Å²) in [5.74, 6) is 0.306.